The minimum Gasteiger partial charge on any atom is -0.486 e. The molecule has 1 heterocycles. The minimum atomic E-state index is -4.35. The summed E-state index contributed by atoms with van der Waals surface area (Å²) in [6, 6.07) is 13.5. The van der Waals surface area contributed by atoms with Gasteiger partial charge in [0.05, 0.1) is 5.56 Å². The molecule has 0 amide bonds. The first-order valence-electron chi connectivity index (χ1n) is 12.7. The van der Waals surface area contributed by atoms with Crippen LogP contribution in [-0.2, 0) is 6.18 Å². The summed E-state index contributed by atoms with van der Waals surface area (Å²) in [5.41, 5.74) is 0.993. The maximum Gasteiger partial charge on any atom is 0.416 e. The first-order chi connectivity index (χ1) is 17.1. The molecule has 0 spiro atoms. The number of rotatable bonds is 9. The van der Waals surface area contributed by atoms with Gasteiger partial charge in [-0.15, -0.1) is 0 Å². The second kappa shape index (κ2) is 13.1. The van der Waals surface area contributed by atoms with Crippen LogP contribution in [0.25, 0.3) is 0 Å². The van der Waals surface area contributed by atoms with E-state index in [2.05, 4.69) is 35.5 Å². The summed E-state index contributed by atoms with van der Waals surface area (Å²) < 4.78 is 45.1. The van der Waals surface area contributed by atoms with E-state index in [0.29, 0.717) is 18.2 Å². The van der Waals surface area contributed by atoms with Crippen LogP contribution in [0.2, 0.25) is 0 Å². The van der Waals surface area contributed by atoms with Gasteiger partial charge in [-0.25, -0.2) is 0 Å². The van der Waals surface area contributed by atoms with Crippen LogP contribution in [0.4, 0.5) is 13.2 Å². The largest absolute Gasteiger partial charge is 0.486 e. The summed E-state index contributed by atoms with van der Waals surface area (Å²) in [5.74, 6) is 7.18. The minimum absolute atomic E-state index is 0.345. The highest BCUT2D eigenvalue weighted by atomic mass is 19.4. The van der Waals surface area contributed by atoms with Gasteiger partial charge in [0.2, 0.25) is 0 Å². The zero-order valence-electron chi connectivity index (χ0n) is 21.8. The van der Waals surface area contributed by atoms with Crippen molar-refractivity contribution in [1.82, 2.24) is 14.7 Å². The lowest BCUT2D eigenvalue weighted by atomic mass is 10.0. The van der Waals surface area contributed by atoms with Gasteiger partial charge >= 0.3 is 6.18 Å². The lowest BCUT2D eigenvalue weighted by Crippen LogP contribution is -2.48. The number of alkyl halides is 3. The first kappa shape index (κ1) is 28.0. The van der Waals surface area contributed by atoms with E-state index in [-0.39, 0.29) is 6.10 Å². The van der Waals surface area contributed by atoms with Crippen molar-refractivity contribution in [2.45, 2.75) is 45.0 Å². The molecule has 2 aromatic carbocycles. The van der Waals surface area contributed by atoms with Crippen molar-refractivity contribution in [3.8, 4) is 17.6 Å². The van der Waals surface area contributed by atoms with Crippen molar-refractivity contribution in [1.29, 1.82) is 0 Å². The Hall–Kier alpha value is -2.53. The molecule has 1 aliphatic heterocycles. The van der Waals surface area contributed by atoms with E-state index in [0.717, 1.165) is 68.9 Å². The van der Waals surface area contributed by atoms with Crippen molar-refractivity contribution in [3.05, 3.63) is 65.2 Å². The Kier molecular flexibility index (Phi) is 10.2. The molecule has 3 rings (SSSR count). The van der Waals surface area contributed by atoms with Gasteiger partial charge in [-0.1, -0.05) is 24.0 Å². The Balaban J connectivity index is 1.55. The third kappa shape index (κ3) is 8.85. The molecule has 7 heteroatoms. The second-order valence-corrected chi connectivity index (χ2v) is 9.87. The fourth-order valence-electron chi connectivity index (χ4n) is 4.22. The Morgan fingerprint density at radius 2 is 1.58 bits per heavy atom. The van der Waals surface area contributed by atoms with Crippen LogP contribution in [0.3, 0.4) is 0 Å². The number of hydrogen-bond donors (Lipinski definition) is 0. The zero-order valence-corrected chi connectivity index (χ0v) is 21.8. The molecule has 0 N–H and O–H groups in total. The smallest absolute Gasteiger partial charge is 0.416 e. The molecule has 0 saturated carbocycles. The molecule has 1 fully saturated rings. The van der Waals surface area contributed by atoms with Crippen molar-refractivity contribution in [2.24, 2.45) is 0 Å². The third-order valence-corrected chi connectivity index (χ3v) is 6.50. The highest BCUT2D eigenvalue weighted by molar-refractivity contribution is 5.38. The summed E-state index contributed by atoms with van der Waals surface area (Å²) in [4.78, 5) is 7.01. The maximum absolute atomic E-state index is 13.0. The number of halogens is 3. The van der Waals surface area contributed by atoms with E-state index in [9.17, 15) is 13.2 Å². The summed E-state index contributed by atoms with van der Waals surface area (Å²) in [6.07, 6.45) is -3.20. The lowest BCUT2D eigenvalue weighted by Gasteiger charge is -2.36. The van der Waals surface area contributed by atoms with E-state index < -0.39 is 11.7 Å². The van der Waals surface area contributed by atoms with E-state index in [1.54, 1.807) is 0 Å². The molecule has 1 unspecified atom stereocenters. The van der Waals surface area contributed by atoms with Crippen molar-refractivity contribution in [2.75, 3.05) is 53.4 Å². The number of hydrogen-bond acceptors (Lipinski definition) is 4. The quantitative estimate of drug-likeness (QED) is 0.420. The molecule has 0 aromatic heterocycles. The lowest BCUT2D eigenvalue weighted by molar-refractivity contribution is -0.137. The number of benzene rings is 2. The molecule has 1 saturated heterocycles. The molecule has 36 heavy (non-hydrogen) atoms. The maximum atomic E-state index is 13.0. The van der Waals surface area contributed by atoms with Gasteiger partial charge in [-0.05, 0) is 69.9 Å². The molecule has 196 valence electrons. The fraction of sp³-hybridized carbons (Fsp3) is 0.517. The predicted molar refractivity (Wildman–Crippen MR) is 139 cm³/mol. The Bertz CT molecular complexity index is 984. The number of piperazine rings is 1. The van der Waals surface area contributed by atoms with E-state index in [4.69, 9.17) is 4.74 Å². The van der Waals surface area contributed by atoms with Gasteiger partial charge < -0.3 is 9.64 Å². The van der Waals surface area contributed by atoms with Gasteiger partial charge in [-0.2, -0.15) is 13.2 Å². The van der Waals surface area contributed by atoms with Gasteiger partial charge in [-0.3, -0.25) is 9.80 Å². The van der Waals surface area contributed by atoms with Gasteiger partial charge in [0, 0.05) is 63.7 Å². The summed E-state index contributed by atoms with van der Waals surface area (Å²) in [7, 11) is 3.92. The van der Waals surface area contributed by atoms with Crippen molar-refractivity contribution < 1.29 is 17.9 Å². The van der Waals surface area contributed by atoms with Gasteiger partial charge in [0.1, 0.15) is 11.9 Å². The van der Waals surface area contributed by atoms with E-state index >= 15 is 0 Å². The first-order valence-corrected chi connectivity index (χ1v) is 12.7. The SMILES string of the molecule is CC(C)N1CCN(CCC#Cc2ccc(OC(CCN(C)C)c3ccc(C(F)(F)F)cc3)cc2)CC1. The van der Waals surface area contributed by atoms with Crippen LogP contribution in [0, 0.1) is 11.8 Å². The van der Waals surface area contributed by atoms with Gasteiger partial charge in [0.15, 0.2) is 0 Å². The third-order valence-electron chi connectivity index (χ3n) is 6.50. The Morgan fingerprint density at radius 1 is 0.944 bits per heavy atom. The number of nitrogens with zero attached hydrogens (tertiary/aromatic N) is 3. The van der Waals surface area contributed by atoms with Crippen LogP contribution < -0.4 is 4.74 Å². The van der Waals surface area contributed by atoms with E-state index in [1.165, 1.54) is 12.1 Å². The van der Waals surface area contributed by atoms with Crippen LogP contribution in [-0.4, -0.2) is 74.1 Å². The summed E-state index contributed by atoms with van der Waals surface area (Å²) in [6.45, 7) is 10.7. The molecule has 2 aromatic rings. The summed E-state index contributed by atoms with van der Waals surface area (Å²) in [5, 5.41) is 0. The van der Waals surface area contributed by atoms with E-state index in [1.807, 2.05) is 43.3 Å². The van der Waals surface area contributed by atoms with Crippen LogP contribution >= 0.6 is 0 Å². The van der Waals surface area contributed by atoms with Gasteiger partial charge in [0.25, 0.3) is 0 Å². The number of ether oxygens (including phenoxy) is 1. The molecular weight excluding hydrogens is 463 g/mol. The highest BCUT2D eigenvalue weighted by Crippen LogP contribution is 2.31. The Labute approximate surface area is 214 Å². The summed E-state index contributed by atoms with van der Waals surface area (Å²) >= 11 is 0. The molecule has 4 nitrogen and oxygen atoms in total. The molecular formula is C29H38F3N3O. The molecule has 0 bridgehead atoms. The second-order valence-electron chi connectivity index (χ2n) is 9.87. The topological polar surface area (TPSA) is 19.0 Å². The molecule has 0 radical (unpaired) electrons. The van der Waals surface area contributed by atoms with Crippen molar-refractivity contribution >= 4 is 0 Å². The predicted octanol–water partition coefficient (Wildman–Crippen LogP) is 5.54. The standard InChI is InChI=1S/C29H38F3N3O/c1-23(2)35-21-19-34(20-22-35)17-6-5-7-24-8-14-27(15-9-24)36-28(16-18-33(3)4)25-10-12-26(13-11-25)29(30,31)32/h8-15,23,28H,6,16-22H2,1-4H3. The van der Waals surface area contributed by atoms with Crippen LogP contribution in [0.5, 0.6) is 5.75 Å². The van der Waals surface area contributed by atoms with Crippen LogP contribution in [0.1, 0.15) is 49.5 Å². The average molecular weight is 502 g/mol. The monoisotopic (exact) mass is 501 g/mol. The zero-order chi connectivity index (χ0) is 26.1. The van der Waals surface area contributed by atoms with Crippen LogP contribution in [0.15, 0.2) is 48.5 Å². The highest BCUT2D eigenvalue weighted by Gasteiger charge is 2.30. The normalized spacial score (nSPS) is 16.1. The molecule has 1 aliphatic rings. The fourth-order valence-corrected chi connectivity index (χ4v) is 4.22. The molecule has 0 aliphatic carbocycles. The Morgan fingerprint density at radius 3 is 2.14 bits per heavy atom. The van der Waals surface area contributed by atoms with Crippen molar-refractivity contribution in [3.63, 3.8) is 0 Å². The molecule has 1 atom stereocenters. The average Bonchev–Trinajstić information content (AvgIpc) is 2.85.